The van der Waals surface area contributed by atoms with E-state index < -0.39 is 12.1 Å². The molecule has 0 radical (unpaired) electrons. The van der Waals surface area contributed by atoms with Crippen molar-refractivity contribution in [3.63, 3.8) is 0 Å². The summed E-state index contributed by atoms with van der Waals surface area (Å²) in [5.74, 6) is -0.912. The molecule has 2 heterocycles. The summed E-state index contributed by atoms with van der Waals surface area (Å²) in [6.07, 6.45) is -2.72. The van der Waals surface area contributed by atoms with Crippen LogP contribution in [0.25, 0.3) is 11.0 Å². The number of piperazine rings is 1. The molecule has 12 heteroatoms. The number of fused-ring (bicyclic) bond motifs is 1. The Morgan fingerprint density at radius 1 is 1.03 bits per heavy atom. The zero-order valence-electron chi connectivity index (χ0n) is 19.9. The van der Waals surface area contributed by atoms with Crippen LogP contribution in [0.15, 0.2) is 46.9 Å². The predicted octanol–water partition coefficient (Wildman–Crippen LogP) is 4.87. The number of para-hydroxylation sites is 2. The average Bonchev–Trinajstić information content (AvgIpc) is 3.69. The number of carboxylic acids is 1. The fourth-order valence-corrected chi connectivity index (χ4v) is 4.06. The van der Waals surface area contributed by atoms with Gasteiger partial charge in [-0.25, -0.2) is 14.8 Å². The molecule has 2 aliphatic rings. The van der Waals surface area contributed by atoms with Gasteiger partial charge in [-0.1, -0.05) is 28.1 Å². The smallest absolute Gasteiger partial charge is 0.475 e. The van der Waals surface area contributed by atoms with Gasteiger partial charge in [0.2, 0.25) is 0 Å². The van der Waals surface area contributed by atoms with Crippen molar-refractivity contribution in [1.29, 1.82) is 0 Å². The van der Waals surface area contributed by atoms with E-state index in [1.54, 1.807) is 0 Å². The summed E-state index contributed by atoms with van der Waals surface area (Å²) in [6.45, 7) is 4.84. The summed E-state index contributed by atoms with van der Waals surface area (Å²) in [6, 6.07) is 14.3. The summed E-state index contributed by atoms with van der Waals surface area (Å²) in [5, 5.41) is 10.7. The maximum absolute atomic E-state index is 13.0. The number of nitrogens with zero attached hydrogens (tertiary/aromatic N) is 4. The van der Waals surface area contributed by atoms with Crippen molar-refractivity contribution in [3.8, 4) is 0 Å². The molecule has 1 aromatic heterocycles. The molecule has 0 bridgehead atoms. The SMILES string of the molecule is Cc1cc(C(=O)N2CCN(c3nc4ccccc4nc3NC3CC3)CC2)ccc1Br.O=C(O)C(F)(F)F. The third kappa shape index (κ3) is 6.68. The van der Waals surface area contributed by atoms with Crippen LogP contribution in [0.3, 0.4) is 0 Å². The van der Waals surface area contributed by atoms with Gasteiger partial charge in [0, 0.05) is 42.3 Å². The van der Waals surface area contributed by atoms with E-state index in [1.807, 2.05) is 54.3 Å². The molecule has 2 aromatic carbocycles. The second-order valence-electron chi connectivity index (χ2n) is 8.85. The van der Waals surface area contributed by atoms with E-state index >= 15 is 0 Å². The van der Waals surface area contributed by atoms with E-state index in [9.17, 15) is 18.0 Å². The van der Waals surface area contributed by atoms with E-state index in [2.05, 4.69) is 26.1 Å². The number of nitrogens with one attached hydrogen (secondary N) is 1. The lowest BCUT2D eigenvalue weighted by molar-refractivity contribution is -0.192. The van der Waals surface area contributed by atoms with Gasteiger partial charge in [-0.05, 0) is 55.7 Å². The topological polar surface area (TPSA) is 98.7 Å². The van der Waals surface area contributed by atoms with Crippen molar-refractivity contribution < 1.29 is 27.9 Å². The number of hydrogen-bond acceptors (Lipinski definition) is 6. The molecular formula is C25H25BrF3N5O3. The van der Waals surface area contributed by atoms with Crippen LogP contribution >= 0.6 is 15.9 Å². The fraction of sp³-hybridized carbons (Fsp3) is 0.360. The quantitative estimate of drug-likeness (QED) is 0.455. The van der Waals surface area contributed by atoms with E-state index in [4.69, 9.17) is 19.9 Å². The predicted molar refractivity (Wildman–Crippen MR) is 137 cm³/mol. The maximum Gasteiger partial charge on any atom is 0.490 e. The Hall–Kier alpha value is -3.41. The number of hydrogen-bond donors (Lipinski definition) is 2. The first-order chi connectivity index (χ1) is 17.5. The molecule has 1 aliphatic heterocycles. The summed E-state index contributed by atoms with van der Waals surface area (Å²) < 4.78 is 32.8. The lowest BCUT2D eigenvalue weighted by Gasteiger charge is -2.36. The molecule has 0 atom stereocenters. The number of aromatic nitrogens is 2. The number of benzene rings is 2. The third-order valence-electron chi connectivity index (χ3n) is 5.98. The molecule has 8 nitrogen and oxygen atoms in total. The average molecular weight is 580 g/mol. The van der Waals surface area contributed by atoms with Crippen LogP contribution in [-0.4, -0.2) is 70.2 Å². The Morgan fingerprint density at radius 3 is 2.16 bits per heavy atom. The summed E-state index contributed by atoms with van der Waals surface area (Å²) >= 11 is 3.50. The highest BCUT2D eigenvalue weighted by Crippen LogP contribution is 2.31. The molecule has 0 spiro atoms. The maximum atomic E-state index is 13.0. The first kappa shape index (κ1) is 26.6. The zero-order chi connectivity index (χ0) is 26.7. The minimum atomic E-state index is -5.08. The van der Waals surface area contributed by atoms with Crippen molar-refractivity contribution in [2.75, 3.05) is 36.4 Å². The Bertz CT molecular complexity index is 1310. The molecule has 2 fully saturated rings. The lowest BCUT2D eigenvalue weighted by atomic mass is 10.1. The van der Waals surface area contributed by atoms with E-state index in [0.717, 1.165) is 51.4 Å². The molecule has 2 N–H and O–H groups in total. The number of alkyl halides is 3. The number of rotatable bonds is 4. The molecular weight excluding hydrogens is 555 g/mol. The van der Waals surface area contributed by atoms with Crippen molar-refractivity contribution in [3.05, 3.63) is 58.1 Å². The van der Waals surface area contributed by atoms with Gasteiger partial charge in [-0.3, -0.25) is 4.79 Å². The van der Waals surface area contributed by atoms with E-state index in [-0.39, 0.29) is 5.91 Å². The lowest BCUT2D eigenvalue weighted by Crippen LogP contribution is -2.49. The minimum Gasteiger partial charge on any atom is -0.475 e. The number of halogens is 4. The van der Waals surface area contributed by atoms with Gasteiger partial charge in [-0.15, -0.1) is 0 Å². The highest BCUT2D eigenvalue weighted by atomic mass is 79.9. The Balaban J connectivity index is 0.000000405. The van der Waals surface area contributed by atoms with Crippen LogP contribution in [0, 0.1) is 6.92 Å². The number of aryl methyl sites for hydroxylation is 1. The van der Waals surface area contributed by atoms with Gasteiger partial charge in [0.25, 0.3) is 5.91 Å². The van der Waals surface area contributed by atoms with Crippen LogP contribution in [-0.2, 0) is 4.79 Å². The first-order valence-electron chi connectivity index (χ1n) is 11.7. The number of carbonyl (C=O) groups excluding carboxylic acids is 1. The Labute approximate surface area is 219 Å². The zero-order valence-corrected chi connectivity index (χ0v) is 21.5. The van der Waals surface area contributed by atoms with Crippen molar-refractivity contribution in [2.45, 2.75) is 32.0 Å². The van der Waals surface area contributed by atoms with Gasteiger partial charge in [0.15, 0.2) is 11.6 Å². The molecule has 0 unspecified atom stereocenters. The van der Waals surface area contributed by atoms with Gasteiger partial charge in [0.1, 0.15) is 0 Å². The van der Waals surface area contributed by atoms with Crippen molar-refractivity contribution in [2.24, 2.45) is 0 Å². The Morgan fingerprint density at radius 2 is 1.62 bits per heavy atom. The molecule has 3 aromatic rings. The summed E-state index contributed by atoms with van der Waals surface area (Å²) in [5.41, 5.74) is 3.62. The molecule has 37 heavy (non-hydrogen) atoms. The van der Waals surface area contributed by atoms with Gasteiger partial charge < -0.3 is 20.2 Å². The van der Waals surface area contributed by atoms with Gasteiger partial charge in [0.05, 0.1) is 11.0 Å². The number of carbonyl (C=O) groups is 2. The van der Waals surface area contributed by atoms with E-state index in [0.29, 0.717) is 19.1 Å². The molecule has 5 rings (SSSR count). The van der Waals surface area contributed by atoms with Crippen LogP contribution in [0.1, 0.15) is 28.8 Å². The normalized spacial score (nSPS) is 15.7. The standard InChI is InChI=1S/C23H24BrN5O.C2HF3O2/c1-15-14-16(6-9-18(15)24)23(30)29-12-10-28(11-13-29)22-21(25-17-7-8-17)26-19-4-2-3-5-20(19)27-22;3-2(4,5)1(6)7/h2-6,9,14,17H,7-8,10-13H2,1H3,(H,25,26);(H,6,7). The fourth-order valence-electron chi connectivity index (χ4n) is 3.81. The highest BCUT2D eigenvalue weighted by molar-refractivity contribution is 9.10. The molecule has 1 aliphatic carbocycles. The second-order valence-corrected chi connectivity index (χ2v) is 9.70. The number of amides is 1. The van der Waals surface area contributed by atoms with Crippen LogP contribution in [0.2, 0.25) is 0 Å². The van der Waals surface area contributed by atoms with Crippen molar-refractivity contribution in [1.82, 2.24) is 14.9 Å². The molecule has 196 valence electrons. The number of carboxylic acid groups (broad SMARTS) is 1. The van der Waals surface area contributed by atoms with Crippen LogP contribution in [0.5, 0.6) is 0 Å². The molecule has 1 saturated heterocycles. The van der Waals surface area contributed by atoms with Crippen molar-refractivity contribution >= 4 is 50.5 Å². The van der Waals surface area contributed by atoms with E-state index in [1.165, 1.54) is 12.8 Å². The summed E-state index contributed by atoms with van der Waals surface area (Å²) in [7, 11) is 0. The molecule has 1 saturated carbocycles. The second kappa shape index (κ2) is 10.9. The van der Waals surface area contributed by atoms with Crippen LogP contribution in [0.4, 0.5) is 24.8 Å². The minimum absolute atomic E-state index is 0.0891. The third-order valence-corrected chi connectivity index (χ3v) is 6.87. The molecule has 1 amide bonds. The number of anilines is 2. The van der Waals surface area contributed by atoms with Gasteiger partial charge >= 0.3 is 12.1 Å². The summed E-state index contributed by atoms with van der Waals surface area (Å²) in [4.78, 5) is 35.8. The first-order valence-corrected chi connectivity index (χ1v) is 12.5. The van der Waals surface area contributed by atoms with Gasteiger partial charge in [-0.2, -0.15) is 13.2 Å². The largest absolute Gasteiger partial charge is 0.490 e. The van der Waals surface area contributed by atoms with Crippen LogP contribution < -0.4 is 10.2 Å². The highest BCUT2D eigenvalue weighted by Gasteiger charge is 2.38. The Kier molecular flexibility index (Phi) is 7.86. The monoisotopic (exact) mass is 579 g/mol. The number of aliphatic carboxylic acids is 1.